The number of hydrogen-bond acceptors (Lipinski definition) is 4. The van der Waals surface area contributed by atoms with Crippen LogP contribution in [0.5, 0.6) is 0 Å². The maximum atomic E-state index is 14.5. The lowest BCUT2D eigenvalue weighted by Gasteiger charge is -2.24. The van der Waals surface area contributed by atoms with Gasteiger partial charge in [-0.25, -0.2) is 14.2 Å². The topological polar surface area (TPSA) is 59.4 Å². The molecule has 4 rings (SSSR count). The fraction of sp³-hybridized carbons (Fsp3) is 0.391. The van der Waals surface area contributed by atoms with Crippen molar-refractivity contribution in [3.05, 3.63) is 58.9 Å². The molecule has 8 heteroatoms. The molecule has 0 aliphatic carbocycles. The Hall–Kier alpha value is -2.80. The Morgan fingerprint density at radius 1 is 1.26 bits per heavy atom. The van der Waals surface area contributed by atoms with Crippen molar-refractivity contribution in [3.63, 3.8) is 0 Å². The highest BCUT2D eigenvalue weighted by Gasteiger charge is 2.30. The van der Waals surface area contributed by atoms with E-state index in [4.69, 9.17) is 21.3 Å². The molecule has 1 aromatic heterocycles. The van der Waals surface area contributed by atoms with E-state index >= 15 is 0 Å². The fourth-order valence-corrected chi connectivity index (χ4v) is 3.96. The van der Waals surface area contributed by atoms with E-state index in [1.54, 1.807) is 17.0 Å². The number of para-hydroxylation sites is 2. The number of halogens is 2. The summed E-state index contributed by atoms with van der Waals surface area (Å²) >= 11 is 6.27. The smallest absolute Gasteiger partial charge is 0.410 e. The zero-order valence-corrected chi connectivity index (χ0v) is 18.6. The molecule has 1 atom stereocenters. The number of nitrogens with one attached hydrogen (secondary N) is 1. The summed E-state index contributed by atoms with van der Waals surface area (Å²) < 4.78 is 21.9. The van der Waals surface area contributed by atoms with Crippen LogP contribution in [0.3, 0.4) is 0 Å². The number of anilines is 1. The molecule has 2 aromatic carbocycles. The molecule has 0 radical (unpaired) electrons. The standard InChI is InChI=1S/C23H26ClFN4O2/c1-23(2,3)31-22(30)28-12-11-15(13-28)26-21-27-19-9-4-5-10-20(19)29(21)14-16-17(24)7-6-8-18(16)25/h4-10,15H,11-14H2,1-3H3,(H,26,27)/t15-/m1/s1. The minimum Gasteiger partial charge on any atom is -0.444 e. The number of hydrogen-bond donors (Lipinski definition) is 1. The molecule has 1 aliphatic rings. The van der Waals surface area contributed by atoms with E-state index in [-0.39, 0.29) is 24.5 Å². The molecule has 6 nitrogen and oxygen atoms in total. The maximum Gasteiger partial charge on any atom is 0.410 e. The fourth-order valence-electron chi connectivity index (χ4n) is 3.74. The zero-order valence-electron chi connectivity index (χ0n) is 17.9. The Morgan fingerprint density at radius 2 is 2.03 bits per heavy atom. The van der Waals surface area contributed by atoms with Crippen molar-refractivity contribution >= 4 is 34.7 Å². The number of aromatic nitrogens is 2. The zero-order chi connectivity index (χ0) is 22.2. The third kappa shape index (κ3) is 4.77. The van der Waals surface area contributed by atoms with Crippen LogP contribution in [0.1, 0.15) is 32.8 Å². The number of carbonyl (C=O) groups excluding carboxylic acids is 1. The quantitative estimate of drug-likeness (QED) is 0.593. The number of rotatable bonds is 4. The number of amides is 1. The summed E-state index contributed by atoms with van der Waals surface area (Å²) in [7, 11) is 0. The van der Waals surface area contributed by atoms with Crippen LogP contribution in [-0.4, -0.2) is 45.3 Å². The normalized spacial score (nSPS) is 16.7. The molecule has 1 N–H and O–H groups in total. The van der Waals surface area contributed by atoms with Crippen LogP contribution in [0.2, 0.25) is 5.02 Å². The van der Waals surface area contributed by atoms with E-state index in [1.165, 1.54) is 6.07 Å². The van der Waals surface area contributed by atoms with Crippen molar-refractivity contribution in [2.75, 3.05) is 18.4 Å². The second-order valence-electron chi connectivity index (χ2n) is 8.77. The number of ether oxygens (including phenoxy) is 1. The van der Waals surface area contributed by atoms with Gasteiger partial charge in [-0.1, -0.05) is 29.8 Å². The molecule has 2 heterocycles. The second-order valence-corrected chi connectivity index (χ2v) is 9.17. The number of benzene rings is 2. The van der Waals surface area contributed by atoms with Crippen LogP contribution in [0.15, 0.2) is 42.5 Å². The number of fused-ring (bicyclic) bond motifs is 1. The average Bonchev–Trinajstić information content (AvgIpc) is 3.29. The molecule has 1 saturated heterocycles. The van der Waals surface area contributed by atoms with Gasteiger partial charge in [0, 0.05) is 29.7 Å². The monoisotopic (exact) mass is 444 g/mol. The van der Waals surface area contributed by atoms with Crippen LogP contribution in [0.4, 0.5) is 15.1 Å². The lowest BCUT2D eigenvalue weighted by molar-refractivity contribution is 0.0293. The summed E-state index contributed by atoms with van der Waals surface area (Å²) in [4.78, 5) is 18.8. The van der Waals surface area contributed by atoms with Crippen LogP contribution >= 0.6 is 11.6 Å². The maximum absolute atomic E-state index is 14.5. The van der Waals surface area contributed by atoms with Gasteiger partial charge in [0.25, 0.3) is 0 Å². The minimum atomic E-state index is -0.532. The number of nitrogens with zero attached hydrogens (tertiary/aromatic N) is 3. The van der Waals surface area contributed by atoms with Gasteiger partial charge in [-0.2, -0.15) is 0 Å². The van der Waals surface area contributed by atoms with Crippen molar-refractivity contribution in [1.82, 2.24) is 14.5 Å². The summed E-state index contributed by atoms with van der Waals surface area (Å²) in [5.74, 6) is 0.268. The summed E-state index contributed by atoms with van der Waals surface area (Å²) in [6, 6.07) is 12.4. The van der Waals surface area contributed by atoms with Crippen LogP contribution in [0.25, 0.3) is 11.0 Å². The first-order chi connectivity index (χ1) is 14.7. The molecule has 31 heavy (non-hydrogen) atoms. The van der Waals surface area contributed by atoms with Gasteiger partial charge < -0.3 is 19.5 Å². The summed E-state index contributed by atoms with van der Waals surface area (Å²) in [6.45, 7) is 6.92. The first-order valence-corrected chi connectivity index (χ1v) is 10.7. The largest absolute Gasteiger partial charge is 0.444 e. The Morgan fingerprint density at radius 3 is 2.77 bits per heavy atom. The minimum absolute atomic E-state index is 0.0131. The predicted molar refractivity (Wildman–Crippen MR) is 120 cm³/mol. The molecule has 0 saturated carbocycles. The molecule has 1 aliphatic heterocycles. The van der Waals surface area contributed by atoms with E-state index in [0.29, 0.717) is 29.6 Å². The molecule has 0 bridgehead atoms. The second kappa shape index (κ2) is 8.38. The van der Waals surface area contributed by atoms with Gasteiger partial charge in [0.1, 0.15) is 11.4 Å². The SMILES string of the molecule is CC(C)(C)OC(=O)N1CC[C@@H](Nc2nc3ccccc3n2Cc2c(F)cccc2Cl)C1. The molecule has 0 unspecified atom stereocenters. The van der Waals surface area contributed by atoms with E-state index in [0.717, 1.165) is 17.5 Å². The Kier molecular flexibility index (Phi) is 5.79. The third-order valence-electron chi connectivity index (χ3n) is 5.21. The van der Waals surface area contributed by atoms with Crippen molar-refractivity contribution in [1.29, 1.82) is 0 Å². The van der Waals surface area contributed by atoms with Crippen molar-refractivity contribution in [2.45, 2.75) is 45.4 Å². The lowest BCUT2D eigenvalue weighted by Crippen LogP contribution is -2.36. The van der Waals surface area contributed by atoms with Gasteiger partial charge in [0.2, 0.25) is 5.95 Å². The van der Waals surface area contributed by atoms with Gasteiger partial charge >= 0.3 is 6.09 Å². The molecule has 0 spiro atoms. The molecule has 1 amide bonds. The predicted octanol–water partition coefficient (Wildman–Crippen LogP) is 5.30. The van der Waals surface area contributed by atoms with Crippen molar-refractivity contribution in [3.8, 4) is 0 Å². The summed E-state index contributed by atoms with van der Waals surface area (Å²) in [5, 5.41) is 3.82. The summed E-state index contributed by atoms with van der Waals surface area (Å²) in [5.41, 5.74) is 1.57. The Balaban J connectivity index is 1.57. The first-order valence-electron chi connectivity index (χ1n) is 10.3. The Bertz CT molecular complexity index is 1090. The highest BCUT2D eigenvalue weighted by atomic mass is 35.5. The average molecular weight is 445 g/mol. The van der Waals surface area contributed by atoms with Crippen molar-refractivity contribution < 1.29 is 13.9 Å². The van der Waals surface area contributed by atoms with Crippen LogP contribution in [-0.2, 0) is 11.3 Å². The van der Waals surface area contributed by atoms with Crippen molar-refractivity contribution in [2.24, 2.45) is 0 Å². The van der Waals surface area contributed by atoms with E-state index in [9.17, 15) is 9.18 Å². The molecular formula is C23H26ClFN4O2. The number of likely N-dealkylation sites (tertiary alicyclic amines) is 1. The van der Waals surface area contributed by atoms with Crippen LogP contribution < -0.4 is 5.32 Å². The number of carbonyl (C=O) groups is 1. The Labute approximate surface area is 186 Å². The van der Waals surface area contributed by atoms with Gasteiger partial charge in [0.05, 0.1) is 17.6 Å². The third-order valence-corrected chi connectivity index (χ3v) is 5.56. The highest BCUT2D eigenvalue weighted by Crippen LogP contribution is 2.27. The van der Waals surface area contributed by atoms with E-state index in [1.807, 2.05) is 49.6 Å². The van der Waals surface area contributed by atoms with Gasteiger partial charge in [-0.05, 0) is 51.5 Å². The summed E-state index contributed by atoms with van der Waals surface area (Å²) in [6.07, 6.45) is 0.451. The van der Waals surface area contributed by atoms with Gasteiger partial charge in [-0.3, -0.25) is 0 Å². The molecular weight excluding hydrogens is 419 g/mol. The first kappa shape index (κ1) is 21.4. The molecule has 1 fully saturated rings. The highest BCUT2D eigenvalue weighted by molar-refractivity contribution is 6.31. The molecule has 3 aromatic rings. The molecule has 164 valence electrons. The van der Waals surface area contributed by atoms with Gasteiger partial charge in [-0.15, -0.1) is 0 Å². The van der Waals surface area contributed by atoms with E-state index in [2.05, 4.69) is 5.32 Å². The lowest BCUT2D eigenvalue weighted by atomic mass is 10.2. The number of imidazole rings is 1. The van der Waals surface area contributed by atoms with E-state index < -0.39 is 5.60 Å². The van der Waals surface area contributed by atoms with Crippen LogP contribution in [0, 0.1) is 5.82 Å². The van der Waals surface area contributed by atoms with Gasteiger partial charge in [0.15, 0.2) is 0 Å².